The van der Waals surface area contributed by atoms with Crippen molar-refractivity contribution in [3.05, 3.63) is 90.1 Å². The van der Waals surface area contributed by atoms with E-state index in [-0.39, 0.29) is 31.8 Å². The van der Waals surface area contributed by atoms with Crippen molar-refractivity contribution in [1.29, 1.82) is 0 Å². The molecule has 0 fully saturated rings. The molecule has 0 unspecified atom stereocenters. The van der Waals surface area contributed by atoms with Crippen LogP contribution in [0, 0.1) is 11.3 Å². The summed E-state index contributed by atoms with van der Waals surface area (Å²) in [5.41, 5.74) is 2.79. The highest BCUT2D eigenvalue weighted by atomic mass is 16.5. The van der Waals surface area contributed by atoms with E-state index in [4.69, 9.17) is 4.74 Å². The minimum atomic E-state index is -1.21. The fourth-order valence-corrected chi connectivity index (χ4v) is 5.64. The molecule has 5 N–H and O–H groups in total. The summed E-state index contributed by atoms with van der Waals surface area (Å²) in [4.78, 5) is 56.5. The Balaban J connectivity index is 1.90. The van der Waals surface area contributed by atoms with Crippen LogP contribution in [0.15, 0.2) is 79.0 Å². The van der Waals surface area contributed by atoms with Crippen LogP contribution in [0.4, 0.5) is 9.59 Å². The molecule has 0 spiro atoms. The largest absolute Gasteiger partial charge is 0.465 e. The van der Waals surface area contributed by atoms with Gasteiger partial charge < -0.3 is 30.9 Å². The number of ether oxygens (including phenoxy) is 1. The topological polar surface area (TPSA) is 170 Å². The van der Waals surface area contributed by atoms with Crippen LogP contribution >= 0.6 is 0 Å². The number of carbonyl (C=O) groups excluding carboxylic acids is 3. The highest BCUT2D eigenvalue weighted by molar-refractivity contribution is 5.86. The van der Waals surface area contributed by atoms with Crippen molar-refractivity contribution in [2.45, 2.75) is 78.1 Å². The predicted molar refractivity (Wildman–Crippen MR) is 191 cm³/mol. The van der Waals surface area contributed by atoms with Gasteiger partial charge in [-0.15, -0.1) is 0 Å². The van der Waals surface area contributed by atoms with Crippen molar-refractivity contribution >= 4 is 24.0 Å². The molecule has 3 rings (SSSR count). The maximum absolute atomic E-state index is 13.8. The smallest absolute Gasteiger partial charge is 0.407 e. The van der Waals surface area contributed by atoms with E-state index >= 15 is 0 Å². The number of pyridine rings is 1. The number of aliphatic hydroxyl groups excluding tert-OH is 1. The van der Waals surface area contributed by atoms with E-state index in [0.29, 0.717) is 6.42 Å². The number of benzene rings is 2. The molecule has 0 aliphatic carbocycles. The van der Waals surface area contributed by atoms with Crippen LogP contribution in [0.3, 0.4) is 0 Å². The van der Waals surface area contributed by atoms with E-state index in [9.17, 15) is 29.4 Å². The lowest BCUT2D eigenvalue weighted by Gasteiger charge is -2.33. The van der Waals surface area contributed by atoms with Crippen LogP contribution in [-0.4, -0.2) is 88.5 Å². The normalized spacial score (nSPS) is 13.8. The van der Waals surface area contributed by atoms with Gasteiger partial charge in [-0.05, 0) is 53.9 Å². The number of aromatic nitrogens is 1. The first-order chi connectivity index (χ1) is 23.7. The fourth-order valence-electron chi connectivity index (χ4n) is 5.64. The lowest BCUT2D eigenvalue weighted by Crippen LogP contribution is -2.57. The Hall–Kier alpha value is -4.97. The molecular formula is C38H51N5O7. The molecular weight excluding hydrogens is 638 g/mol. The number of carbonyl (C=O) groups is 4. The number of hydrogen-bond donors (Lipinski definition) is 5. The van der Waals surface area contributed by atoms with Gasteiger partial charge in [0.2, 0.25) is 11.8 Å². The zero-order valence-electron chi connectivity index (χ0n) is 29.8. The molecule has 0 saturated heterocycles. The lowest BCUT2D eigenvalue weighted by molar-refractivity contribution is -0.127. The molecule has 1 heterocycles. The van der Waals surface area contributed by atoms with Crippen LogP contribution in [0.25, 0.3) is 11.3 Å². The molecule has 0 radical (unpaired) electrons. The third-order valence-corrected chi connectivity index (χ3v) is 8.14. The molecule has 3 aromatic rings. The van der Waals surface area contributed by atoms with Crippen molar-refractivity contribution < 1.29 is 34.1 Å². The maximum atomic E-state index is 13.8. The first-order valence-electron chi connectivity index (χ1n) is 16.8. The Morgan fingerprint density at radius 2 is 1.50 bits per heavy atom. The molecule has 1 aromatic heterocycles. The minimum absolute atomic E-state index is 0.0117. The summed E-state index contributed by atoms with van der Waals surface area (Å²) >= 11 is 0. The number of carboxylic acid groups (broad SMARTS) is 1. The van der Waals surface area contributed by atoms with E-state index in [1.807, 2.05) is 107 Å². The van der Waals surface area contributed by atoms with Gasteiger partial charge in [0.05, 0.1) is 24.9 Å². The molecule has 270 valence electrons. The number of nitrogens with zero attached hydrogens (tertiary/aromatic N) is 2. The van der Waals surface area contributed by atoms with Crippen LogP contribution in [0.5, 0.6) is 0 Å². The number of hydrogen-bond acceptors (Lipinski definition) is 7. The third-order valence-electron chi connectivity index (χ3n) is 8.14. The molecule has 2 aromatic carbocycles. The molecule has 50 heavy (non-hydrogen) atoms. The van der Waals surface area contributed by atoms with Crippen LogP contribution in [0.2, 0.25) is 0 Å². The second-order valence-electron chi connectivity index (χ2n) is 14.0. The van der Waals surface area contributed by atoms with Crippen molar-refractivity contribution in [3.63, 3.8) is 0 Å². The van der Waals surface area contributed by atoms with E-state index in [1.54, 1.807) is 6.20 Å². The number of amides is 4. The highest BCUT2D eigenvalue weighted by Gasteiger charge is 2.35. The molecule has 0 bridgehead atoms. The number of rotatable bonds is 16. The van der Waals surface area contributed by atoms with Gasteiger partial charge in [0.25, 0.3) is 0 Å². The summed E-state index contributed by atoms with van der Waals surface area (Å²) in [6.07, 6.45) is -0.762. The van der Waals surface area contributed by atoms with Crippen molar-refractivity contribution in [2.75, 3.05) is 20.2 Å². The molecule has 12 heteroatoms. The van der Waals surface area contributed by atoms with Gasteiger partial charge in [-0.1, -0.05) is 95.3 Å². The van der Waals surface area contributed by atoms with Gasteiger partial charge in [-0.25, -0.2) is 9.59 Å². The van der Waals surface area contributed by atoms with Gasteiger partial charge in [-0.2, -0.15) is 0 Å². The van der Waals surface area contributed by atoms with E-state index in [1.165, 1.54) is 7.11 Å². The Labute approximate surface area is 294 Å². The zero-order valence-corrected chi connectivity index (χ0v) is 29.8. The average Bonchev–Trinajstić information content (AvgIpc) is 3.06. The van der Waals surface area contributed by atoms with Gasteiger partial charge in [0, 0.05) is 24.3 Å². The Bertz CT molecular complexity index is 1530. The Morgan fingerprint density at radius 3 is 2.06 bits per heavy atom. The number of methoxy groups -OCH3 is 1. The second kappa shape index (κ2) is 18.7. The number of aliphatic hydroxyl groups is 1. The Kier molecular flexibility index (Phi) is 14.8. The van der Waals surface area contributed by atoms with Crippen molar-refractivity contribution in [1.82, 2.24) is 25.8 Å². The van der Waals surface area contributed by atoms with Crippen LogP contribution in [0.1, 0.15) is 52.2 Å². The highest BCUT2D eigenvalue weighted by Crippen LogP contribution is 2.22. The van der Waals surface area contributed by atoms with Gasteiger partial charge >= 0.3 is 12.2 Å². The third kappa shape index (κ3) is 12.8. The predicted octanol–water partition coefficient (Wildman–Crippen LogP) is 4.66. The van der Waals surface area contributed by atoms with Gasteiger partial charge in [0.1, 0.15) is 12.6 Å². The molecule has 0 aliphatic heterocycles. The van der Waals surface area contributed by atoms with Crippen molar-refractivity contribution in [2.24, 2.45) is 11.3 Å². The van der Waals surface area contributed by atoms with Crippen LogP contribution < -0.4 is 16.0 Å². The van der Waals surface area contributed by atoms with E-state index in [0.717, 1.165) is 27.3 Å². The Morgan fingerprint density at radius 1 is 0.860 bits per heavy atom. The lowest BCUT2D eigenvalue weighted by atomic mass is 9.85. The first kappa shape index (κ1) is 39.5. The summed E-state index contributed by atoms with van der Waals surface area (Å²) in [6.45, 7) is 8.97. The van der Waals surface area contributed by atoms with Crippen LogP contribution in [-0.2, 0) is 27.2 Å². The molecule has 12 nitrogen and oxygen atoms in total. The SMILES string of the molecule is COC(=O)N[C@H](C(=O)N[C@@H](Cc1ccc(-c2ccccn2)cc1)C[C@H](O)[C@H](Cc1ccccc1)NC(=O)CN(CC(C)C)C(=O)O)C(C)(C)C. The summed E-state index contributed by atoms with van der Waals surface area (Å²) in [5, 5.41) is 29.9. The molecule has 4 amide bonds. The fraction of sp³-hybridized carbons (Fsp3) is 0.447. The van der Waals surface area contributed by atoms with E-state index in [2.05, 4.69) is 20.9 Å². The van der Waals surface area contributed by atoms with Crippen molar-refractivity contribution in [3.8, 4) is 11.3 Å². The second-order valence-corrected chi connectivity index (χ2v) is 14.0. The molecule has 4 atom stereocenters. The standard InChI is InChI=1S/C38H51N5O7/c1-25(2)23-43(37(48)49)24-33(45)41-31(21-26-12-8-7-9-13-26)32(44)22-29(40-35(46)34(38(3,4)5)42-36(47)50-6)20-27-15-17-28(18-16-27)30-14-10-11-19-39-30/h7-19,25,29,31-32,34,44H,20-24H2,1-6H3,(H,40,46)(H,41,45)(H,42,47)(H,48,49)/t29-,31-,32-,34+/m0/s1. The number of alkyl carbamates (subject to hydrolysis) is 1. The monoisotopic (exact) mass is 689 g/mol. The van der Waals surface area contributed by atoms with Gasteiger partial charge in [-0.3, -0.25) is 19.5 Å². The van der Waals surface area contributed by atoms with E-state index < -0.39 is 53.6 Å². The summed E-state index contributed by atoms with van der Waals surface area (Å²) in [6, 6.07) is 20.3. The van der Waals surface area contributed by atoms with Gasteiger partial charge in [0.15, 0.2) is 0 Å². The summed E-state index contributed by atoms with van der Waals surface area (Å²) in [5.74, 6) is -0.994. The quantitative estimate of drug-likeness (QED) is 0.145. The molecule has 0 saturated carbocycles. The molecule has 0 aliphatic rings. The minimum Gasteiger partial charge on any atom is -0.465 e. The summed E-state index contributed by atoms with van der Waals surface area (Å²) in [7, 11) is 1.22. The zero-order chi connectivity index (χ0) is 36.8. The maximum Gasteiger partial charge on any atom is 0.407 e. The first-order valence-corrected chi connectivity index (χ1v) is 16.8. The number of nitrogens with one attached hydrogen (secondary N) is 3. The summed E-state index contributed by atoms with van der Waals surface area (Å²) < 4.78 is 4.77. The average molecular weight is 690 g/mol.